The molecule has 0 saturated heterocycles. The van der Waals surface area contributed by atoms with Crippen molar-refractivity contribution < 1.29 is 14.0 Å². The van der Waals surface area contributed by atoms with Gasteiger partial charge in [-0.1, -0.05) is 30.3 Å². The average molecular weight is 341 g/mol. The first kappa shape index (κ1) is 15.9. The van der Waals surface area contributed by atoms with E-state index in [2.05, 4.69) is 10.3 Å². The lowest BCUT2D eigenvalue weighted by Crippen LogP contribution is -2.37. The molecule has 7 heteroatoms. The van der Waals surface area contributed by atoms with Crippen molar-refractivity contribution in [3.63, 3.8) is 0 Å². The number of carbonyl (C=O) groups excluding carboxylic acids is 2. The van der Waals surface area contributed by atoms with Crippen LogP contribution in [0.1, 0.15) is 27.9 Å². The summed E-state index contributed by atoms with van der Waals surface area (Å²) >= 11 is 1.29. The van der Waals surface area contributed by atoms with Crippen molar-refractivity contribution >= 4 is 23.2 Å². The quantitative estimate of drug-likeness (QED) is 0.745. The van der Waals surface area contributed by atoms with Gasteiger partial charge in [0.05, 0.1) is 0 Å². The molecule has 0 fully saturated rings. The molecule has 0 aliphatic carbocycles. The second-order valence-electron chi connectivity index (χ2n) is 5.17. The summed E-state index contributed by atoms with van der Waals surface area (Å²) in [7, 11) is 0. The summed E-state index contributed by atoms with van der Waals surface area (Å²) in [5, 5.41) is 4.84. The lowest BCUT2D eigenvalue weighted by molar-refractivity contribution is -0.120. The monoisotopic (exact) mass is 341 g/mol. The van der Waals surface area contributed by atoms with Gasteiger partial charge in [0.15, 0.2) is 10.8 Å². The highest BCUT2D eigenvalue weighted by molar-refractivity contribution is 7.13. The zero-order chi connectivity index (χ0) is 17.1. The number of hydrogen-bond acceptors (Lipinski definition) is 5. The minimum absolute atomic E-state index is 0.214. The van der Waals surface area contributed by atoms with E-state index in [4.69, 9.17) is 10.2 Å². The maximum absolute atomic E-state index is 12.4. The van der Waals surface area contributed by atoms with E-state index >= 15 is 0 Å². The third kappa shape index (κ3) is 3.36. The molecule has 1 aromatic carbocycles. The second kappa shape index (κ2) is 6.67. The fourth-order valence-electron chi connectivity index (χ4n) is 2.21. The Morgan fingerprint density at radius 2 is 1.96 bits per heavy atom. The fourth-order valence-corrected chi connectivity index (χ4v) is 2.97. The van der Waals surface area contributed by atoms with E-state index in [0.29, 0.717) is 16.3 Å². The molecule has 0 bridgehead atoms. The van der Waals surface area contributed by atoms with Crippen molar-refractivity contribution in [3.05, 3.63) is 64.9 Å². The van der Waals surface area contributed by atoms with Gasteiger partial charge in [-0.25, -0.2) is 4.98 Å². The first-order valence-electron chi connectivity index (χ1n) is 7.22. The molecule has 0 radical (unpaired) electrons. The van der Waals surface area contributed by atoms with E-state index in [1.807, 2.05) is 19.1 Å². The highest BCUT2D eigenvalue weighted by Crippen LogP contribution is 2.25. The van der Waals surface area contributed by atoms with E-state index in [0.717, 1.165) is 5.76 Å². The zero-order valence-corrected chi connectivity index (χ0v) is 13.7. The van der Waals surface area contributed by atoms with Gasteiger partial charge in [-0.3, -0.25) is 9.59 Å². The van der Waals surface area contributed by atoms with Crippen LogP contribution in [-0.4, -0.2) is 16.8 Å². The van der Waals surface area contributed by atoms with Gasteiger partial charge in [0.25, 0.3) is 5.91 Å². The van der Waals surface area contributed by atoms with Gasteiger partial charge < -0.3 is 15.5 Å². The number of nitrogens with one attached hydrogen (secondary N) is 1. The lowest BCUT2D eigenvalue weighted by atomic mass is 10.1. The van der Waals surface area contributed by atoms with Gasteiger partial charge in [-0.15, -0.1) is 11.3 Å². The number of benzene rings is 1. The molecule has 0 aliphatic heterocycles. The van der Waals surface area contributed by atoms with Crippen LogP contribution in [0.4, 0.5) is 0 Å². The predicted molar refractivity (Wildman–Crippen MR) is 90.4 cm³/mol. The van der Waals surface area contributed by atoms with Gasteiger partial charge in [-0.2, -0.15) is 0 Å². The summed E-state index contributed by atoms with van der Waals surface area (Å²) in [6.45, 7) is 1.84. The smallest absolute Gasteiger partial charge is 0.271 e. The van der Waals surface area contributed by atoms with Crippen LogP contribution in [0.15, 0.2) is 52.3 Å². The van der Waals surface area contributed by atoms with Crippen molar-refractivity contribution in [1.82, 2.24) is 10.3 Å². The molecule has 3 rings (SSSR count). The topological polar surface area (TPSA) is 98.2 Å². The first-order valence-corrected chi connectivity index (χ1v) is 8.10. The minimum atomic E-state index is -0.908. The number of amides is 2. The van der Waals surface area contributed by atoms with Gasteiger partial charge in [0.1, 0.15) is 17.5 Å². The molecule has 2 aromatic heterocycles. The van der Waals surface area contributed by atoms with E-state index in [1.165, 1.54) is 11.3 Å². The number of aryl methyl sites for hydroxylation is 1. The molecule has 3 aromatic rings. The third-order valence-electron chi connectivity index (χ3n) is 3.38. The number of rotatable bonds is 5. The molecule has 2 amide bonds. The van der Waals surface area contributed by atoms with Gasteiger partial charge >= 0.3 is 0 Å². The van der Waals surface area contributed by atoms with Crippen molar-refractivity contribution in [2.45, 2.75) is 13.0 Å². The van der Waals surface area contributed by atoms with E-state index in [9.17, 15) is 9.59 Å². The van der Waals surface area contributed by atoms with Crippen molar-refractivity contribution in [3.8, 4) is 10.8 Å². The van der Waals surface area contributed by atoms with Crippen LogP contribution >= 0.6 is 11.3 Å². The molecule has 6 nitrogen and oxygen atoms in total. The Labute approximate surface area is 142 Å². The highest BCUT2D eigenvalue weighted by atomic mass is 32.1. The number of nitrogens with zero attached hydrogens (tertiary/aromatic N) is 1. The van der Waals surface area contributed by atoms with E-state index < -0.39 is 17.9 Å². The van der Waals surface area contributed by atoms with Crippen LogP contribution in [-0.2, 0) is 4.79 Å². The highest BCUT2D eigenvalue weighted by Gasteiger charge is 2.22. The average Bonchev–Trinajstić information content (AvgIpc) is 3.21. The number of thiazole rings is 1. The Balaban J connectivity index is 1.79. The number of aromatic nitrogens is 1. The second-order valence-corrected chi connectivity index (χ2v) is 6.03. The Bertz CT molecular complexity index is 870. The molecule has 2 heterocycles. The van der Waals surface area contributed by atoms with E-state index in [1.54, 1.807) is 35.7 Å². The van der Waals surface area contributed by atoms with Crippen LogP contribution < -0.4 is 11.1 Å². The summed E-state index contributed by atoms with van der Waals surface area (Å²) in [6, 6.07) is 11.5. The van der Waals surface area contributed by atoms with Crippen molar-refractivity contribution in [2.75, 3.05) is 0 Å². The standard InChI is InChI=1S/C17H15N3O3S/c1-10-7-8-13(23-10)17-19-12(9-24-17)16(22)20-14(15(18)21)11-5-3-2-4-6-11/h2-9,14H,1H3,(H2,18,21)(H,20,22). The number of hydrogen-bond donors (Lipinski definition) is 2. The molecule has 24 heavy (non-hydrogen) atoms. The van der Waals surface area contributed by atoms with Crippen LogP contribution in [0.3, 0.4) is 0 Å². The SMILES string of the molecule is Cc1ccc(-c2nc(C(=O)NC(C(N)=O)c3ccccc3)cs2)o1. The molecule has 0 saturated carbocycles. The first-order chi connectivity index (χ1) is 11.5. The zero-order valence-electron chi connectivity index (χ0n) is 12.9. The summed E-state index contributed by atoms with van der Waals surface area (Å²) in [4.78, 5) is 28.3. The minimum Gasteiger partial charge on any atom is -0.459 e. The van der Waals surface area contributed by atoms with Crippen LogP contribution in [0.25, 0.3) is 10.8 Å². The summed E-state index contributed by atoms with van der Waals surface area (Å²) < 4.78 is 5.49. The third-order valence-corrected chi connectivity index (χ3v) is 4.24. The summed E-state index contributed by atoms with van der Waals surface area (Å²) in [5.74, 6) is 0.273. The van der Waals surface area contributed by atoms with Gasteiger partial charge in [0.2, 0.25) is 5.91 Å². The normalized spacial score (nSPS) is 11.9. The van der Waals surface area contributed by atoms with Crippen molar-refractivity contribution in [2.24, 2.45) is 5.73 Å². The molecule has 0 aliphatic rings. The molecular weight excluding hydrogens is 326 g/mol. The molecule has 122 valence electrons. The summed E-state index contributed by atoms with van der Waals surface area (Å²) in [6.07, 6.45) is 0. The summed E-state index contributed by atoms with van der Waals surface area (Å²) in [5.41, 5.74) is 6.24. The Kier molecular flexibility index (Phi) is 4.43. The van der Waals surface area contributed by atoms with Crippen LogP contribution in [0.2, 0.25) is 0 Å². The van der Waals surface area contributed by atoms with Crippen LogP contribution in [0, 0.1) is 6.92 Å². The number of carbonyl (C=O) groups is 2. The fraction of sp³-hybridized carbons (Fsp3) is 0.118. The number of primary amides is 1. The largest absolute Gasteiger partial charge is 0.459 e. The van der Waals surface area contributed by atoms with Gasteiger partial charge in [0, 0.05) is 5.38 Å². The number of nitrogens with two attached hydrogens (primary N) is 1. The predicted octanol–water partition coefficient (Wildman–Crippen LogP) is 2.67. The van der Waals surface area contributed by atoms with E-state index in [-0.39, 0.29) is 5.69 Å². The van der Waals surface area contributed by atoms with Crippen LogP contribution in [0.5, 0.6) is 0 Å². The molecule has 0 spiro atoms. The van der Waals surface area contributed by atoms with Crippen molar-refractivity contribution in [1.29, 1.82) is 0 Å². The molecule has 1 unspecified atom stereocenters. The Morgan fingerprint density at radius 3 is 2.58 bits per heavy atom. The Morgan fingerprint density at radius 1 is 1.21 bits per heavy atom. The molecular formula is C17H15N3O3S. The maximum Gasteiger partial charge on any atom is 0.271 e. The number of furan rings is 1. The Hall–Kier alpha value is -2.93. The van der Waals surface area contributed by atoms with Gasteiger partial charge in [-0.05, 0) is 24.6 Å². The maximum atomic E-state index is 12.4. The lowest BCUT2D eigenvalue weighted by Gasteiger charge is -2.14. The molecule has 1 atom stereocenters. The molecule has 3 N–H and O–H groups in total.